The second-order valence-electron chi connectivity index (χ2n) is 5.23. The van der Waals surface area contributed by atoms with Crippen LogP contribution in [-0.2, 0) is 0 Å². The molecule has 3 unspecified atom stereocenters. The fourth-order valence-corrected chi connectivity index (χ4v) is 2.03. The van der Waals surface area contributed by atoms with Crippen LogP contribution in [0.4, 0.5) is 0 Å². The molecule has 1 nitrogen and oxygen atoms in total. The Kier molecular flexibility index (Phi) is 6.28. The molecular formula is C16H27N. The van der Waals surface area contributed by atoms with Gasteiger partial charge in [-0.3, -0.25) is 0 Å². The molecule has 3 atom stereocenters. The van der Waals surface area contributed by atoms with E-state index in [2.05, 4.69) is 63.3 Å². The van der Waals surface area contributed by atoms with E-state index in [4.69, 9.17) is 0 Å². The molecule has 1 N–H and O–H groups in total. The van der Waals surface area contributed by atoms with Crippen LogP contribution in [0, 0.1) is 5.92 Å². The maximum atomic E-state index is 3.63. The molecule has 0 bridgehead atoms. The minimum atomic E-state index is 0.628. The van der Waals surface area contributed by atoms with Crippen LogP contribution < -0.4 is 5.32 Å². The zero-order valence-electron chi connectivity index (χ0n) is 11.7. The van der Waals surface area contributed by atoms with Crippen molar-refractivity contribution in [2.24, 2.45) is 5.92 Å². The van der Waals surface area contributed by atoms with Gasteiger partial charge in [-0.25, -0.2) is 0 Å². The quantitative estimate of drug-likeness (QED) is 0.744. The molecule has 17 heavy (non-hydrogen) atoms. The van der Waals surface area contributed by atoms with E-state index in [-0.39, 0.29) is 0 Å². The highest BCUT2D eigenvalue weighted by atomic mass is 14.9. The molecule has 0 radical (unpaired) electrons. The zero-order valence-corrected chi connectivity index (χ0v) is 11.7. The van der Waals surface area contributed by atoms with Gasteiger partial charge in [-0.15, -0.1) is 0 Å². The second kappa shape index (κ2) is 7.50. The molecule has 0 aliphatic heterocycles. The van der Waals surface area contributed by atoms with Crippen molar-refractivity contribution in [3.63, 3.8) is 0 Å². The van der Waals surface area contributed by atoms with Gasteiger partial charge in [0.2, 0.25) is 0 Å². The van der Waals surface area contributed by atoms with Crippen LogP contribution in [0.5, 0.6) is 0 Å². The highest BCUT2D eigenvalue weighted by Gasteiger charge is 2.10. The fourth-order valence-electron chi connectivity index (χ4n) is 2.03. The summed E-state index contributed by atoms with van der Waals surface area (Å²) in [6, 6.07) is 11.4. The van der Waals surface area contributed by atoms with Crippen LogP contribution in [0.25, 0.3) is 0 Å². The van der Waals surface area contributed by atoms with Crippen molar-refractivity contribution in [1.29, 1.82) is 0 Å². The average Bonchev–Trinajstić information content (AvgIpc) is 2.38. The summed E-state index contributed by atoms with van der Waals surface area (Å²) < 4.78 is 0. The van der Waals surface area contributed by atoms with Crippen LogP contribution in [0.2, 0.25) is 0 Å². The Morgan fingerprint density at radius 3 is 2.29 bits per heavy atom. The molecule has 0 fully saturated rings. The van der Waals surface area contributed by atoms with Crippen molar-refractivity contribution in [3.05, 3.63) is 35.9 Å². The van der Waals surface area contributed by atoms with E-state index in [9.17, 15) is 0 Å². The van der Waals surface area contributed by atoms with E-state index in [1.165, 1.54) is 18.4 Å². The first-order chi connectivity index (χ1) is 8.15. The highest BCUT2D eigenvalue weighted by Crippen LogP contribution is 2.17. The topological polar surface area (TPSA) is 12.0 Å². The lowest BCUT2D eigenvalue weighted by atomic mass is 9.97. The SMILES string of the molecule is CCC(C)C(C)NCCC(C)c1ccccc1. The Hall–Kier alpha value is -0.820. The zero-order chi connectivity index (χ0) is 12.7. The average molecular weight is 233 g/mol. The van der Waals surface area contributed by atoms with Gasteiger partial charge < -0.3 is 5.32 Å². The summed E-state index contributed by atoms with van der Waals surface area (Å²) in [6.07, 6.45) is 2.47. The summed E-state index contributed by atoms with van der Waals surface area (Å²) in [5.41, 5.74) is 1.45. The lowest BCUT2D eigenvalue weighted by Gasteiger charge is -2.21. The molecule has 1 rings (SSSR count). The van der Waals surface area contributed by atoms with Gasteiger partial charge in [0.05, 0.1) is 0 Å². The smallest absolute Gasteiger partial charge is 0.00642 e. The Balaban J connectivity index is 2.27. The summed E-state index contributed by atoms with van der Waals surface area (Å²) in [4.78, 5) is 0. The number of hydrogen-bond acceptors (Lipinski definition) is 1. The standard InChI is InChI=1S/C16H27N/c1-5-13(2)15(4)17-12-11-14(3)16-9-7-6-8-10-16/h6-10,13-15,17H,5,11-12H2,1-4H3. The van der Waals surface area contributed by atoms with Crippen molar-refractivity contribution in [1.82, 2.24) is 5.32 Å². The van der Waals surface area contributed by atoms with E-state index in [0.717, 1.165) is 12.5 Å². The van der Waals surface area contributed by atoms with Crippen molar-refractivity contribution in [3.8, 4) is 0 Å². The first kappa shape index (κ1) is 14.2. The lowest BCUT2D eigenvalue weighted by molar-refractivity contribution is 0.384. The molecule has 0 spiro atoms. The van der Waals surface area contributed by atoms with Gasteiger partial charge in [0.25, 0.3) is 0 Å². The molecule has 0 aliphatic rings. The maximum absolute atomic E-state index is 3.63. The van der Waals surface area contributed by atoms with E-state index >= 15 is 0 Å². The summed E-state index contributed by atoms with van der Waals surface area (Å²) in [7, 11) is 0. The van der Waals surface area contributed by atoms with Gasteiger partial charge >= 0.3 is 0 Å². The Bertz CT molecular complexity index is 294. The maximum Gasteiger partial charge on any atom is 0.00642 e. The molecule has 1 aromatic carbocycles. The van der Waals surface area contributed by atoms with E-state index in [0.29, 0.717) is 12.0 Å². The first-order valence-corrected chi connectivity index (χ1v) is 6.93. The summed E-state index contributed by atoms with van der Waals surface area (Å²) in [5, 5.41) is 3.63. The third kappa shape index (κ3) is 4.91. The van der Waals surface area contributed by atoms with Crippen molar-refractivity contribution < 1.29 is 0 Å². The predicted octanol–water partition coefficient (Wildman–Crippen LogP) is 4.20. The summed E-state index contributed by atoms with van der Waals surface area (Å²) in [6.45, 7) is 10.3. The van der Waals surface area contributed by atoms with E-state index < -0.39 is 0 Å². The van der Waals surface area contributed by atoms with Crippen LogP contribution in [0.3, 0.4) is 0 Å². The third-order valence-corrected chi connectivity index (χ3v) is 3.91. The van der Waals surface area contributed by atoms with Gasteiger partial charge in [-0.2, -0.15) is 0 Å². The van der Waals surface area contributed by atoms with Crippen molar-refractivity contribution >= 4 is 0 Å². The highest BCUT2D eigenvalue weighted by molar-refractivity contribution is 5.18. The number of benzene rings is 1. The lowest BCUT2D eigenvalue weighted by Crippen LogP contribution is -2.33. The fraction of sp³-hybridized carbons (Fsp3) is 0.625. The Morgan fingerprint density at radius 2 is 1.71 bits per heavy atom. The van der Waals surface area contributed by atoms with Gasteiger partial charge in [0, 0.05) is 6.04 Å². The van der Waals surface area contributed by atoms with E-state index in [1.807, 2.05) is 0 Å². The molecule has 0 saturated carbocycles. The van der Waals surface area contributed by atoms with Crippen LogP contribution in [0.15, 0.2) is 30.3 Å². The number of hydrogen-bond donors (Lipinski definition) is 1. The summed E-state index contributed by atoms with van der Waals surface area (Å²) >= 11 is 0. The monoisotopic (exact) mass is 233 g/mol. The molecule has 0 aliphatic carbocycles. The molecule has 0 aromatic heterocycles. The van der Waals surface area contributed by atoms with Crippen LogP contribution >= 0.6 is 0 Å². The molecular weight excluding hydrogens is 206 g/mol. The van der Waals surface area contributed by atoms with Crippen LogP contribution in [0.1, 0.15) is 52.0 Å². The third-order valence-electron chi connectivity index (χ3n) is 3.91. The Morgan fingerprint density at radius 1 is 1.06 bits per heavy atom. The minimum absolute atomic E-state index is 0.628. The number of rotatable bonds is 7. The Labute approximate surface area is 107 Å². The molecule has 1 heteroatoms. The normalized spacial score (nSPS) is 16.5. The minimum Gasteiger partial charge on any atom is -0.314 e. The second-order valence-corrected chi connectivity index (χ2v) is 5.23. The van der Waals surface area contributed by atoms with Gasteiger partial charge in [-0.1, -0.05) is 57.5 Å². The van der Waals surface area contributed by atoms with Crippen molar-refractivity contribution in [2.75, 3.05) is 6.54 Å². The van der Waals surface area contributed by atoms with Gasteiger partial charge in [0.1, 0.15) is 0 Å². The largest absolute Gasteiger partial charge is 0.314 e. The van der Waals surface area contributed by atoms with Crippen LogP contribution in [-0.4, -0.2) is 12.6 Å². The molecule has 0 saturated heterocycles. The van der Waals surface area contributed by atoms with Crippen molar-refractivity contribution in [2.45, 2.75) is 52.5 Å². The molecule has 0 heterocycles. The molecule has 0 amide bonds. The number of nitrogens with one attached hydrogen (secondary N) is 1. The molecule has 96 valence electrons. The molecule has 1 aromatic rings. The van der Waals surface area contributed by atoms with Gasteiger partial charge in [-0.05, 0) is 37.3 Å². The first-order valence-electron chi connectivity index (χ1n) is 6.93. The summed E-state index contributed by atoms with van der Waals surface area (Å²) in [5.74, 6) is 1.41. The van der Waals surface area contributed by atoms with Gasteiger partial charge in [0.15, 0.2) is 0 Å². The van der Waals surface area contributed by atoms with E-state index in [1.54, 1.807) is 0 Å². The predicted molar refractivity (Wildman–Crippen MR) is 76.4 cm³/mol.